The van der Waals surface area contributed by atoms with E-state index in [4.69, 9.17) is 13.7 Å². The molecular weight excluding hydrogens is 519 g/mol. The van der Waals surface area contributed by atoms with E-state index in [-0.39, 0.29) is 29.2 Å². The molecule has 1 N–H and O–H groups in total. The molecule has 5 atom stereocenters. The molecule has 2 bridgehead atoms. The zero-order valence-electron chi connectivity index (χ0n) is 22.5. The summed E-state index contributed by atoms with van der Waals surface area (Å²) in [6.07, 6.45) is 3.75. The largest absolute Gasteiger partial charge is 0.477 e. The summed E-state index contributed by atoms with van der Waals surface area (Å²) in [6, 6.07) is 12.2. The molecule has 3 aliphatic carbocycles. The zero-order valence-corrected chi connectivity index (χ0v) is 23.4. The Hall–Kier alpha value is -2.73. The van der Waals surface area contributed by atoms with Crippen molar-refractivity contribution in [2.24, 2.45) is 17.3 Å². The van der Waals surface area contributed by atoms with Crippen LogP contribution in [0.3, 0.4) is 0 Å². The Morgan fingerprint density at radius 1 is 1.15 bits per heavy atom. The lowest BCUT2D eigenvalue weighted by molar-refractivity contribution is -0.385. The molecule has 9 nitrogen and oxygen atoms in total. The number of furan rings is 1. The number of nitro groups is 1. The minimum atomic E-state index is -4.02. The zero-order chi connectivity index (χ0) is 27.7. The number of aryl methyl sites for hydroxylation is 1. The Kier molecular flexibility index (Phi) is 6.22. The first-order valence-electron chi connectivity index (χ1n) is 13.4. The minimum absolute atomic E-state index is 0.120. The lowest BCUT2D eigenvalue weighted by Gasteiger charge is -2.64. The van der Waals surface area contributed by atoms with Crippen LogP contribution in [-0.2, 0) is 31.5 Å². The van der Waals surface area contributed by atoms with Crippen molar-refractivity contribution in [3.63, 3.8) is 0 Å². The predicted molar refractivity (Wildman–Crippen MR) is 147 cm³/mol. The van der Waals surface area contributed by atoms with Gasteiger partial charge in [0, 0.05) is 17.0 Å². The smallest absolute Gasteiger partial charge is 0.464 e. The first kappa shape index (κ1) is 26.5. The summed E-state index contributed by atoms with van der Waals surface area (Å²) in [5.74, 6) is -0.417. The van der Waals surface area contributed by atoms with Crippen molar-refractivity contribution in [2.45, 2.75) is 70.4 Å². The first-order valence-corrected chi connectivity index (χ1v) is 15.0. The molecule has 3 aromatic rings. The Balaban J connectivity index is 1.31. The highest BCUT2D eigenvalue weighted by Gasteiger charge is 2.68. The second-order valence-corrected chi connectivity index (χ2v) is 13.9. The van der Waals surface area contributed by atoms with E-state index in [2.05, 4.69) is 25.5 Å². The summed E-state index contributed by atoms with van der Waals surface area (Å²) in [5.41, 5.74) is 1.77. The molecule has 0 unspecified atom stereocenters. The average Bonchev–Trinajstić information content (AvgIpc) is 3.44. The molecule has 2 heterocycles. The van der Waals surface area contributed by atoms with Gasteiger partial charge in [-0.25, -0.2) is 13.1 Å². The maximum Gasteiger partial charge on any atom is 0.477 e. The number of rotatable bonds is 8. The molecule has 4 fully saturated rings. The number of nitro benzene ring substituents is 1. The lowest BCUT2D eigenvalue weighted by Crippen LogP contribution is -2.65. The van der Waals surface area contributed by atoms with Crippen LogP contribution in [0.5, 0.6) is 0 Å². The third-order valence-electron chi connectivity index (χ3n) is 9.41. The summed E-state index contributed by atoms with van der Waals surface area (Å²) < 4.78 is 48.7. The summed E-state index contributed by atoms with van der Waals surface area (Å²) in [6.45, 7) is 8.37. The van der Waals surface area contributed by atoms with Gasteiger partial charge in [0.1, 0.15) is 5.58 Å². The molecule has 2 aromatic carbocycles. The van der Waals surface area contributed by atoms with E-state index in [1.54, 1.807) is 19.3 Å². The standard InChI is InChI=1S/C28H33BN2O7S/c1-17-9-10-18(22(11-17)31(32)33)16-39(34,35)30-26(12-19-15-36-23-8-6-5-7-21(19)23)29-37-25-14-20-13-24(27(20,2)3)28(25,4)38-29/h5-11,15,20,24-26,30H,12-14,16H2,1-4H3/t20-,24-,25+,26-,28-/m0/s1. The highest BCUT2D eigenvalue weighted by Crippen LogP contribution is 2.65. The van der Waals surface area contributed by atoms with Gasteiger partial charge in [-0.15, -0.1) is 0 Å². The van der Waals surface area contributed by atoms with Crippen LogP contribution in [0.4, 0.5) is 5.69 Å². The Morgan fingerprint density at radius 3 is 2.67 bits per heavy atom. The van der Waals surface area contributed by atoms with E-state index < -0.39 is 39.4 Å². The highest BCUT2D eigenvalue weighted by molar-refractivity contribution is 7.88. The number of nitrogens with zero attached hydrogens (tertiary/aromatic N) is 1. The van der Waals surface area contributed by atoms with Gasteiger partial charge in [0.25, 0.3) is 5.69 Å². The summed E-state index contributed by atoms with van der Waals surface area (Å²) in [4.78, 5) is 11.1. The van der Waals surface area contributed by atoms with E-state index >= 15 is 0 Å². The molecule has 3 saturated carbocycles. The number of nitrogens with one attached hydrogen (secondary N) is 1. The monoisotopic (exact) mass is 552 g/mol. The third-order valence-corrected chi connectivity index (χ3v) is 10.8. The molecule has 1 saturated heterocycles. The SMILES string of the molecule is Cc1ccc(CS(=O)(=O)N[C@@H](Cc2coc3ccccc23)B2O[C@@H]3C[C@@H]4C[C@@H](C4(C)C)[C@]3(C)O2)c([N+](=O)[O-])c1. The molecule has 1 aliphatic heterocycles. The third kappa shape index (κ3) is 4.49. The van der Waals surface area contributed by atoms with Gasteiger partial charge in [0.2, 0.25) is 10.0 Å². The van der Waals surface area contributed by atoms with Crippen molar-refractivity contribution in [1.82, 2.24) is 4.72 Å². The van der Waals surface area contributed by atoms with Gasteiger partial charge in [-0.1, -0.05) is 44.2 Å². The summed E-state index contributed by atoms with van der Waals surface area (Å²) in [5, 5.41) is 12.5. The molecule has 1 aromatic heterocycles. The predicted octanol–water partition coefficient (Wildman–Crippen LogP) is 4.95. The van der Waals surface area contributed by atoms with E-state index in [0.29, 0.717) is 23.0 Å². The van der Waals surface area contributed by atoms with Crippen LogP contribution in [0, 0.1) is 34.3 Å². The Bertz CT molecular complexity index is 1550. The maximum atomic E-state index is 13.5. The van der Waals surface area contributed by atoms with E-state index in [9.17, 15) is 18.5 Å². The number of hydrogen-bond donors (Lipinski definition) is 1. The molecule has 7 rings (SSSR count). The van der Waals surface area contributed by atoms with Crippen molar-refractivity contribution < 1.29 is 27.1 Å². The highest BCUT2D eigenvalue weighted by atomic mass is 32.2. The van der Waals surface area contributed by atoms with Gasteiger partial charge in [-0.2, -0.15) is 0 Å². The van der Waals surface area contributed by atoms with Crippen molar-refractivity contribution in [3.8, 4) is 0 Å². The maximum absolute atomic E-state index is 13.5. The van der Waals surface area contributed by atoms with E-state index in [0.717, 1.165) is 23.8 Å². The van der Waals surface area contributed by atoms with E-state index in [1.807, 2.05) is 24.3 Å². The van der Waals surface area contributed by atoms with Crippen molar-refractivity contribution in [2.75, 3.05) is 0 Å². The fraction of sp³-hybridized carbons (Fsp3) is 0.500. The van der Waals surface area contributed by atoms with Gasteiger partial charge < -0.3 is 13.7 Å². The Morgan fingerprint density at radius 2 is 1.92 bits per heavy atom. The number of fused-ring (bicyclic) bond motifs is 1. The molecule has 206 valence electrons. The molecule has 0 amide bonds. The van der Waals surface area contributed by atoms with Crippen molar-refractivity contribution >= 4 is 33.8 Å². The van der Waals surface area contributed by atoms with Crippen LogP contribution in [0.15, 0.2) is 53.1 Å². The summed E-state index contributed by atoms with van der Waals surface area (Å²) in [7, 11) is -4.83. The topological polar surface area (TPSA) is 121 Å². The normalized spacial score (nSPS) is 28.2. The quantitative estimate of drug-likeness (QED) is 0.239. The van der Waals surface area contributed by atoms with Crippen molar-refractivity contribution in [3.05, 3.63) is 75.5 Å². The van der Waals surface area contributed by atoms with Crippen molar-refractivity contribution in [1.29, 1.82) is 0 Å². The molecular formula is C28H33BN2O7S. The molecule has 39 heavy (non-hydrogen) atoms. The second-order valence-electron chi connectivity index (χ2n) is 12.2. The number of hydrogen-bond acceptors (Lipinski definition) is 7. The average molecular weight is 552 g/mol. The Labute approximate surface area is 228 Å². The van der Waals surface area contributed by atoms with Gasteiger partial charge in [-0.05, 0) is 67.6 Å². The summed E-state index contributed by atoms with van der Waals surface area (Å²) >= 11 is 0. The van der Waals surface area contributed by atoms with Gasteiger partial charge in [0.15, 0.2) is 0 Å². The van der Waals surface area contributed by atoms with Gasteiger partial charge in [-0.3, -0.25) is 10.1 Å². The van der Waals surface area contributed by atoms with Crippen LogP contribution in [0.2, 0.25) is 0 Å². The molecule has 0 radical (unpaired) electrons. The first-order chi connectivity index (χ1) is 18.4. The van der Waals surface area contributed by atoms with E-state index in [1.165, 1.54) is 12.1 Å². The van der Waals surface area contributed by atoms with Crippen LogP contribution in [0.1, 0.15) is 50.3 Å². The van der Waals surface area contributed by atoms with Crippen LogP contribution < -0.4 is 4.72 Å². The molecule has 0 spiro atoms. The number of benzene rings is 2. The number of para-hydroxylation sites is 1. The minimum Gasteiger partial charge on any atom is -0.464 e. The second kappa shape index (κ2) is 9.16. The molecule has 11 heteroatoms. The fourth-order valence-electron chi connectivity index (χ4n) is 7.14. The van der Waals surface area contributed by atoms with Crippen LogP contribution in [0.25, 0.3) is 11.0 Å². The van der Waals surface area contributed by atoms with Crippen LogP contribution in [-0.4, -0.2) is 38.1 Å². The number of sulfonamides is 1. The molecule has 4 aliphatic rings. The lowest BCUT2D eigenvalue weighted by atomic mass is 9.43. The van der Waals surface area contributed by atoms with Crippen LogP contribution >= 0.6 is 0 Å². The van der Waals surface area contributed by atoms with Gasteiger partial charge >= 0.3 is 7.12 Å². The fourth-order valence-corrected chi connectivity index (χ4v) is 8.53. The van der Waals surface area contributed by atoms with Gasteiger partial charge in [0.05, 0.1) is 34.6 Å².